The molecule has 0 aliphatic heterocycles. The third-order valence-corrected chi connectivity index (χ3v) is 4.62. The largest absolute Gasteiger partial charge is 0.496 e. The fourth-order valence-electron chi connectivity index (χ4n) is 3.14. The molecule has 0 unspecified atom stereocenters. The lowest BCUT2D eigenvalue weighted by atomic mass is 9.71. The first-order valence-corrected chi connectivity index (χ1v) is 7.48. The molecule has 3 nitrogen and oxygen atoms in total. The molecule has 1 aromatic rings. The van der Waals surface area contributed by atoms with E-state index in [-0.39, 0.29) is 0 Å². The van der Waals surface area contributed by atoms with Crippen molar-refractivity contribution in [2.45, 2.75) is 57.4 Å². The van der Waals surface area contributed by atoms with Crippen molar-refractivity contribution < 1.29 is 9.53 Å². The summed E-state index contributed by atoms with van der Waals surface area (Å²) in [5.74, 6) is 1.38. The van der Waals surface area contributed by atoms with Gasteiger partial charge in [0.05, 0.1) is 7.11 Å². The standard InChI is InChI=1S/C17H23NO2/c1-4-13(5-2)14-7-8-16(20-3)15(11-14)17(18-12-19)9-6-10-17/h7-8,11,13H,4-6,9-10H2,1-3H3. The third-order valence-electron chi connectivity index (χ3n) is 4.62. The highest BCUT2D eigenvalue weighted by molar-refractivity contribution is 5.47. The summed E-state index contributed by atoms with van der Waals surface area (Å²) in [4.78, 5) is 14.9. The number of isocyanates is 1. The number of nitrogens with zero attached hydrogens (tertiary/aromatic N) is 1. The predicted molar refractivity (Wildman–Crippen MR) is 80.0 cm³/mol. The van der Waals surface area contributed by atoms with Crippen LogP contribution in [0.4, 0.5) is 0 Å². The highest BCUT2D eigenvalue weighted by atomic mass is 16.5. The van der Waals surface area contributed by atoms with E-state index in [4.69, 9.17) is 4.74 Å². The quantitative estimate of drug-likeness (QED) is 0.572. The third kappa shape index (κ3) is 2.51. The van der Waals surface area contributed by atoms with E-state index in [9.17, 15) is 4.79 Å². The van der Waals surface area contributed by atoms with Crippen LogP contribution < -0.4 is 4.74 Å². The smallest absolute Gasteiger partial charge is 0.235 e. The number of hydrogen-bond acceptors (Lipinski definition) is 3. The van der Waals surface area contributed by atoms with Crippen LogP contribution >= 0.6 is 0 Å². The van der Waals surface area contributed by atoms with Gasteiger partial charge in [-0.3, -0.25) is 0 Å². The maximum atomic E-state index is 10.8. The Hall–Kier alpha value is -1.60. The Labute approximate surface area is 121 Å². The minimum absolute atomic E-state index is 0.394. The maximum Gasteiger partial charge on any atom is 0.235 e. The second-order valence-electron chi connectivity index (χ2n) is 5.56. The molecule has 1 aromatic carbocycles. The summed E-state index contributed by atoms with van der Waals surface area (Å²) < 4.78 is 5.49. The molecule has 1 aliphatic carbocycles. The Morgan fingerprint density at radius 3 is 2.50 bits per heavy atom. The maximum absolute atomic E-state index is 10.8. The van der Waals surface area contributed by atoms with Gasteiger partial charge >= 0.3 is 0 Å². The van der Waals surface area contributed by atoms with Crippen molar-refractivity contribution in [2.75, 3.05) is 7.11 Å². The molecule has 1 fully saturated rings. The molecule has 0 spiro atoms. The van der Waals surface area contributed by atoms with Gasteiger partial charge in [-0.05, 0) is 55.7 Å². The molecule has 0 saturated heterocycles. The number of benzene rings is 1. The number of methoxy groups -OCH3 is 1. The lowest BCUT2D eigenvalue weighted by molar-refractivity contribution is 0.246. The monoisotopic (exact) mass is 273 g/mol. The Balaban J connectivity index is 2.49. The van der Waals surface area contributed by atoms with Crippen molar-refractivity contribution in [3.05, 3.63) is 29.3 Å². The molecular weight excluding hydrogens is 250 g/mol. The second-order valence-corrected chi connectivity index (χ2v) is 5.56. The van der Waals surface area contributed by atoms with Crippen molar-refractivity contribution in [2.24, 2.45) is 4.99 Å². The van der Waals surface area contributed by atoms with Crippen molar-refractivity contribution >= 4 is 6.08 Å². The van der Waals surface area contributed by atoms with Gasteiger partial charge in [-0.15, -0.1) is 0 Å². The molecule has 1 aliphatic rings. The molecule has 1 saturated carbocycles. The Bertz CT molecular complexity index is 510. The summed E-state index contributed by atoms with van der Waals surface area (Å²) in [7, 11) is 1.67. The number of ether oxygens (including phenoxy) is 1. The molecule has 0 aromatic heterocycles. The molecule has 20 heavy (non-hydrogen) atoms. The number of hydrogen-bond donors (Lipinski definition) is 0. The van der Waals surface area contributed by atoms with Gasteiger partial charge in [-0.2, -0.15) is 4.99 Å². The molecule has 0 bridgehead atoms. The first-order chi connectivity index (χ1) is 9.70. The van der Waals surface area contributed by atoms with E-state index in [0.717, 1.165) is 43.4 Å². The van der Waals surface area contributed by atoms with Gasteiger partial charge in [0.2, 0.25) is 6.08 Å². The second kappa shape index (κ2) is 6.23. The normalized spacial score (nSPS) is 16.4. The molecule has 0 amide bonds. The van der Waals surface area contributed by atoms with E-state index in [1.54, 1.807) is 13.2 Å². The van der Waals surface area contributed by atoms with Crippen molar-refractivity contribution in [3.8, 4) is 5.75 Å². The summed E-state index contributed by atoms with van der Waals surface area (Å²) in [6.07, 6.45) is 6.91. The van der Waals surface area contributed by atoms with Crippen LogP contribution in [0.25, 0.3) is 0 Å². The fraction of sp³-hybridized carbons (Fsp3) is 0.588. The van der Waals surface area contributed by atoms with Gasteiger partial charge < -0.3 is 4.74 Å². The average Bonchev–Trinajstić information content (AvgIpc) is 2.44. The summed E-state index contributed by atoms with van der Waals surface area (Å²) in [5.41, 5.74) is 1.98. The average molecular weight is 273 g/mol. The molecule has 0 heterocycles. The van der Waals surface area contributed by atoms with Crippen LogP contribution in [-0.2, 0) is 10.3 Å². The molecule has 0 radical (unpaired) electrons. The molecule has 3 heteroatoms. The first-order valence-electron chi connectivity index (χ1n) is 7.48. The summed E-state index contributed by atoms with van der Waals surface area (Å²) in [5, 5.41) is 0. The van der Waals surface area contributed by atoms with Crippen LogP contribution in [0.5, 0.6) is 5.75 Å². The summed E-state index contributed by atoms with van der Waals surface area (Å²) >= 11 is 0. The van der Waals surface area contributed by atoms with Gasteiger partial charge in [0, 0.05) is 5.56 Å². The first kappa shape index (κ1) is 14.8. The Morgan fingerprint density at radius 2 is 2.05 bits per heavy atom. The van der Waals surface area contributed by atoms with Crippen LogP contribution in [-0.4, -0.2) is 13.2 Å². The van der Waals surface area contributed by atoms with E-state index in [0.29, 0.717) is 5.92 Å². The van der Waals surface area contributed by atoms with E-state index in [2.05, 4.69) is 31.0 Å². The van der Waals surface area contributed by atoms with Gasteiger partial charge in [0.25, 0.3) is 0 Å². The lowest BCUT2D eigenvalue weighted by Crippen LogP contribution is -2.32. The van der Waals surface area contributed by atoms with Crippen molar-refractivity contribution in [1.29, 1.82) is 0 Å². The van der Waals surface area contributed by atoms with Crippen LogP contribution in [0.3, 0.4) is 0 Å². The highest BCUT2D eigenvalue weighted by Gasteiger charge is 2.41. The van der Waals surface area contributed by atoms with Crippen molar-refractivity contribution in [1.82, 2.24) is 0 Å². The number of carbonyl (C=O) groups excluding carboxylic acids is 1. The molecule has 2 rings (SSSR count). The molecule has 0 atom stereocenters. The highest BCUT2D eigenvalue weighted by Crippen LogP contribution is 2.48. The van der Waals surface area contributed by atoms with Gasteiger partial charge in [0.1, 0.15) is 11.3 Å². The minimum atomic E-state index is -0.394. The summed E-state index contributed by atoms with van der Waals surface area (Å²) in [6.45, 7) is 4.42. The lowest BCUT2D eigenvalue weighted by Gasteiger charge is -2.38. The van der Waals surface area contributed by atoms with E-state index >= 15 is 0 Å². The van der Waals surface area contributed by atoms with Crippen LogP contribution in [0.15, 0.2) is 23.2 Å². The number of aliphatic imine (C=N–C) groups is 1. The zero-order valence-corrected chi connectivity index (χ0v) is 12.6. The van der Waals surface area contributed by atoms with Crippen molar-refractivity contribution in [3.63, 3.8) is 0 Å². The molecule has 0 N–H and O–H groups in total. The SMILES string of the molecule is CCC(CC)c1ccc(OC)c(C2(N=C=O)CCC2)c1. The Kier molecular flexibility index (Phi) is 4.61. The van der Waals surface area contributed by atoms with Gasteiger partial charge in [-0.25, -0.2) is 4.79 Å². The van der Waals surface area contributed by atoms with Crippen LogP contribution in [0.1, 0.15) is 63.0 Å². The Morgan fingerprint density at radius 1 is 1.35 bits per heavy atom. The van der Waals surface area contributed by atoms with E-state index < -0.39 is 5.54 Å². The van der Waals surface area contributed by atoms with Crippen LogP contribution in [0, 0.1) is 0 Å². The number of rotatable bonds is 6. The van der Waals surface area contributed by atoms with Gasteiger partial charge in [-0.1, -0.05) is 19.9 Å². The molecule has 108 valence electrons. The van der Waals surface area contributed by atoms with Crippen LogP contribution in [0.2, 0.25) is 0 Å². The van der Waals surface area contributed by atoms with Gasteiger partial charge in [0.15, 0.2) is 0 Å². The van der Waals surface area contributed by atoms with E-state index in [1.165, 1.54) is 5.56 Å². The zero-order valence-electron chi connectivity index (χ0n) is 12.6. The fourth-order valence-corrected chi connectivity index (χ4v) is 3.14. The molecular formula is C17H23NO2. The topological polar surface area (TPSA) is 38.7 Å². The zero-order chi connectivity index (χ0) is 14.6. The summed E-state index contributed by atoms with van der Waals surface area (Å²) in [6, 6.07) is 6.34. The van der Waals surface area contributed by atoms with E-state index in [1.807, 2.05) is 6.07 Å². The predicted octanol–water partition coefficient (Wildman–Crippen LogP) is 4.31. The minimum Gasteiger partial charge on any atom is -0.496 e.